The van der Waals surface area contributed by atoms with Gasteiger partial charge in [0, 0.05) is 84.0 Å². The van der Waals surface area contributed by atoms with E-state index in [0.717, 1.165) is 41.5 Å². The van der Waals surface area contributed by atoms with Crippen LogP contribution in [0.5, 0.6) is 0 Å². The fourth-order valence-electron chi connectivity index (χ4n) is 13.1. The summed E-state index contributed by atoms with van der Waals surface area (Å²) in [5, 5.41) is 65.7. The largest absolute Gasteiger partial charge is 0.459 e. The third-order valence-electron chi connectivity index (χ3n) is 19.5. The second-order valence-corrected chi connectivity index (χ2v) is 34.7. The van der Waals surface area contributed by atoms with Crippen LogP contribution in [0.4, 0.5) is 136 Å². The fourth-order valence-corrected chi connectivity index (χ4v) is 13.1. The van der Waals surface area contributed by atoms with E-state index in [2.05, 4.69) is 93.4 Å². The molecule has 7 N–H and O–H groups in total. The number of hydrogen-bond donors (Lipinski definition) is 7. The number of alkyl halides is 31. The summed E-state index contributed by atoms with van der Waals surface area (Å²) in [6.07, 6.45) is -67.4. The van der Waals surface area contributed by atoms with Crippen molar-refractivity contribution in [3.05, 3.63) is 85.1 Å². The molecule has 0 spiro atoms. The van der Waals surface area contributed by atoms with E-state index < -0.39 is 290 Å². The Morgan fingerprint density at radius 2 is 0.572 bits per heavy atom. The number of rotatable bonds is 14. The summed E-state index contributed by atoms with van der Waals surface area (Å²) in [5.74, 6) is -39.4. The van der Waals surface area contributed by atoms with Gasteiger partial charge in [-0.05, 0) is 96.9 Å². The molecule has 0 bridgehead atoms. The monoisotopic (exact) mass is 2080 g/mol. The number of carbonyl (C=O) groups excluding carboxylic acids is 7. The molecule has 0 amide bonds. The van der Waals surface area contributed by atoms with Crippen LogP contribution in [0.25, 0.3) is 0 Å². The van der Waals surface area contributed by atoms with Gasteiger partial charge < -0.3 is 97.3 Å². The summed E-state index contributed by atoms with van der Waals surface area (Å²) < 4.78 is 461. The van der Waals surface area contributed by atoms with E-state index in [9.17, 15) is 200 Å². The molecular formula is C79H99F31O28. The lowest BCUT2D eigenvalue weighted by atomic mass is 9.79. The van der Waals surface area contributed by atoms with Crippen LogP contribution >= 0.6 is 0 Å². The summed E-state index contributed by atoms with van der Waals surface area (Å²) in [4.78, 5) is 79.3. The van der Waals surface area contributed by atoms with Crippen molar-refractivity contribution in [3.63, 3.8) is 0 Å². The van der Waals surface area contributed by atoms with E-state index in [1.807, 2.05) is 0 Å². The number of ether oxygens (including phenoxy) is 14. The molecule has 7 heterocycles. The van der Waals surface area contributed by atoms with Gasteiger partial charge in [0.15, 0.2) is 6.10 Å². The first-order chi connectivity index (χ1) is 60.7. The van der Waals surface area contributed by atoms with Gasteiger partial charge in [-0.1, -0.05) is 46.1 Å². The quantitative estimate of drug-likeness (QED) is 0.0367. The Balaban J connectivity index is 0.000000806. The van der Waals surface area contributed by atoms with Gasteiger partial charge in [0.05, 0.1) is 76.2 Å². The van der Waals surface area contributed by atoms with Crippen molar-refractivity contribution in [1.29, 1.82) is 0 Å². The Morgan fingerprint density at radius 1 is 0.290 bits per heavy atom. The zero-order valence-corrected chi connectivity index (χ0v) is 75.0. The first-order valence-electron chi connectivity index (χ1n) is 38.9. The lowest BCUT2D eigenvalue weighted by Gasteiger charge is -2.51. The molecule has 59 heteroatoms. The summed E-state index contributed by atoms with van der Waals surface area (Å²) in [6, 6.07) is 0. The lowest BCUT2D eigenvalue weighted by molar-refractivity contribution is -0.468. The predicted molar refractivity (Wildman–Crippen MR) is 399 cm³/mol. The van der Waals surface area contributed by atoms with Crippen molar-refractivity contribution in [1.82, 2.24) is 0 Å². The van der Waals surface area contributed by atoms with Gasteiger partial charge in [0.2, 0.25) is 11.2 Å². The molecule has 0 aromatic heterocycles. The zero-order valence-electron chi connectivity index (χ0n) is 75.0. The minimum absolute atomic E-state index is 0.0252. The van der Waals surface area contributed by atoms with Crippen LogP contribution in [-0.2, 0) is 99.9 Å². The van der Waals surface area contributed by atoms with Crippen molar-refractivity contribution in [3.8, 4) is 0 Å². The maximum Gasteiger partial charge on any atom is 0.449 e. The maximum absolute atomic E-state index is 13.6. The molecule has 0 radical (unpaired) electrons. The normalized spacial score (nSPS) is 31.9. The molecule has 7 rings (SSSR count). The molecule has 7 aliphatic heterocycles. The Labute approximate surface area is 763 Å². The van der Waals surface area contributed by atoms with Gasteiger partial charge in [-0.25, -0.2) is 33.6 Å². The van der Waals surface area contributed by atoms with Gasteiger partial charge >= 0.3 is 115 Å². The highest BCUT2D eigenvalue weighted by Gasteiger charge is 2.78. The van der Waals surface area contributed by atoms with Crippen LogP contribution in [0.2, 0.25) is 0 Å². The number of aliphatic hydroxyl groups is 7. The Morgan fingerprint density at radius 3 is 0.928 bits per heavy atom. The summed E-state index contributed by atoms with van der Waals surface area (Å²) in [5.41, 5.74) is -16.6. The Kier molecular flexibility index (Phi) is 39.9. The van der Waals surface area contributed by atoms with Crippen molar-refractivity contribution >= 4 is 41.8 Å². The molecule has 0 aromatic carbocycles. The molecular weight excluding hydrogens is 1990 g/mol. The average Bonchev–Trinajstić information content (AvgIpc) is 0.712. The molecule has 28 nitrogen and oxygen atoms in total. The molecule has 14 unspecified atom stereocenters. The highest BCUT2D eigenvalue weighted by molar-refractivity contribution is 5.90. The molecule has 7 fully saturated rings. The SMILES string of the molecule is C=C(C)C(=O)OC1(C(F)(F)F)CC(C)(C)OC(O)(C(F)(F)F)C1.C=C(C)C(=O)OC1(C(F)(F)F)CCOC(O)(C(F)(F)F)C1.C=C(C)C(=O)OC1(C)CC(C)(C)OC(O)(C(F)(F)F)C1.C=C(C)C(=O)OC1(C)CC(F)(F)OC(O)(C(F)(F)F)C1.C=C(C)C(=O)OC1(C)CCOC(O)(C(F)(F)F)C1.C=C(C)C(=O)OC1CCOC(O)(C(F)(F)F)C1.C=C(C)C(=O)OC1CCOC(O)(C(F)(F)F)C1(F)F. The minimum atomic E-state index is -5.73. The van der Waals surface area contributed by atoms with Crippen molar-refractivity contribution in [2.45, 2.75) is 340 Å². The van der Waals surface area contributed by atoms with Crippen molar-refractivity contribution in [2.24, 2.45) is 0 Å². The zero-order chi connectivity index (χ0) is 110. The topological polar surface area (TPSA) is 390 Å². The second kappa shape index (κ2) is 43.1. The minimum Gasteiger partial charge on any atom is -0.459 e. The van der Waals surface area contributed by atoms with Crippen LogP contribution in [-0.4, -0.2) is 264 Å². The second-order valence-electron chi connectivity index (χ2n) is 34.7. The van der Waals surface area contributed by atoms with Crippen LogP contribution in [0.1, 0.15) is 180 Å². The molecule has 0 aliphatic carbocycles. The molecule has 0 saturated carbocycles. The van der Waals surface area contributed by atoms with Gasteiger partial charge in [0.1, 0.15) is 22.9 Å². The standard InChI is InChI=1S/C13H16F6O4.C13H19F3O4.C11H12F6O4.C11H13F5O4.C11H15F3O4.C10H11F5O4.C10H13F3O4/c1-7(2)8(20)22-10(12(14,15)16)5-9(3,4)23-11(21,6-10)13(17,18)19;1-8(2)9(17)19-11(5)6-10(3,4)20-12(18,7-11)13(14,15)16;1-6(2)7(18)21-8(10(12,13)14)3-4-20-9(19,5-8)11(15,16)17;1-6(2)7(17)19-8(3)4-9(18,11(14,15)16)20-10(12,13)5-8;1-7(2)8(15)18-9(3)4-5-17-10(16,6-9)11(12,13)14;1-5(2)7(16)19-6-3-4-18-9(17,8(6,11)12)10(13,14)15;1-6(2)8(14)17-7-3-4-16-9(15,5-7)10(11,12)13/h21H,1,5-6H2,2-4H3;18H,1,6-7H2,2-5H3;19H,1,3-5H2,2H3;18H,1,4-5H2,2-3H3;16H,1,4-6H2,2-3H3;6,17H,1,3-4H2,2H3;7,15H,1,3-5H2,2H3. The highest BCUT2D eigenvalue weighted by atomic mass is 19.4. The lowest BCUT2D eigenvalue weighted by Crippen LogP contribution is -2.68. The molecule has 138 heavy (non-hydrogen) atoms. The summed E-state index contributed by atoms with van der Waals surface area (Å²) >= 11 is 0. The smallest absolute Gasteiger partial charge is 0.449 e. The number of halogens is 31. The van der Waals surface area contributed by atoms with E-state index >= 15 is 0 Å². The van der Waals surface area contributed by atoms with Crippen LogP contribution < -0.4 is 0 Å². The number of esters is 7. The fraction of sp³-hybridized carbons (Fsp3) is 0.734. The van der Waals surface area contributed by atoms with E-state index in [1.165, 1.54) is 55.4 Å². The van der Waals surface area contributed by atoms with E-state index in [4.69, 9.17) is 24.1 Å². The van der Waals surface area contributed by atoms with E-state index in [-0.39, 0.29) is 60.3 Å². The maximum atomic E-state index is 13.6. The van der Waals surface area contributed by atoms with Crippen LogP contribution in [0.3, 0.4) is 0 Å². The van der Waals surface area contributed by atoms with Gasteiger partial charge in [-0.15, -0.1) is 0 Å². The number of hydrogen-bond acceptors (Lipinski definition) is 28. The first kappa shape index (κ1) is 128. The molecule has 7 saturated heterocycles. The molecule has 0 aromatic rings. The molecule has 800 valence electrons. The Hall–Kier alpha value is -8.26. The third-order valence-corrected chi connectivity index (χ3v) is 19.5. The first-order valence-corrected chi connectivity index (χ1v) is 38.9. The summed E-state index contributed by atoms with van der Waals surface area (Å²) in [6.45, 7) is 36.7. The van der Waals surface area contributed by atoms with Crippen molar-refractivity contribution < 1.29 is 272 Å². The van der Waals surface area contributed by atoms with Gasteiger partial charge in [-0.3, -0.25) is 4.74 Å². The summed E-state index contributed by atoms with van der Waals surface area (Å²) in [7, 11) is 0. The molecule has 7 aliphatic rings. The van der Waals surface area contributed by atoms with Gasteiger partial charge in [-0.2, -0.15) is 136 Å². The predicted octanol–water partition coefficient (Wildman–Crippen LogP) is 16.2. The average molecular weight is 2090 g/mol. The van der Waals surface area contributed by atoms with Gasteiger partial charge in [0.25, 0.3) is 34.7 Å². The third kappa shape index (κ3) is 32.9. The van der Waals surface area contributed by atoms with E-state index in [1.54, 1.807) is 0 Å². The van der Waals surface area contributed by atoms with E-state index in [0.29, 0.717) is 0 Å². The van der Waals surface area contributed by atoms with Crippen molar-refractivity contribution in [2.75, 3.05) is 26.4 Å². The number of carbonyl (C=O) groups is 7. The molecule has 14 atom stereocenters. The highest BCUT2D eigenvalue weighted by Crippen LogP contribution is 2.58. The van der Waals surface area contributed by atoms with Crippen LogP contribution in [0, 0.1) is 0 Å². The Bertz CT molecular complexity index is 4340. The van der Waals surface area contributed by atoms with Crippen LogP contribution in [0.15, 0.2) is 85.1 Å².